The van der Waals surface area contributed by atoms with E-state index in [-0.39, 0.29) is 6.42 Å². The second kappa shape index (κ2) is 8.89. The lowest BCUT2D eigenvalue weighted by molar-refractivity contribution is -0.114. The molecule has 0 aliphatic heterocycles. The molecule has 1 aromatic rings. The number of carbonyl (C=O) groups is 1. The molecule has 0 saturated heterocycles. The predicted octanol–water partition coefficient (Wildman–Crippen LogP) is 4.05. The topological polar surface area (TPSA) is 81.7 Å². The van der Waals surface area contributed by atoms with Crippen LogP contribution in [-0.2, 0) is 34.9 Å². The molecule has 0 spiro atoms. The minimum atomic E-state index is -3.77. The standard InChI is InChI=1S/C18H30NO5PS/c1-14-8-10-15(11-9-14)18(5,19-26(22)17(2,3)4)13-12-16(20)25(21,23-6)24-7/h8-11,19H,12-13H2,1-7H3/t18-,26?/m0/s1. The summed E-state index contributed by atoms with van der Waals surface area (Å²) in [7, 11) is -2.73. The number of benzene rings is 1. The summed E-state index contributed by atoms with van der Waals surface area (Å²) < 4.78 is 37.2. The molecule has 0 aromatic heterocycles. The largest absolute Gasteiger partial charge is 0.396 e. The summed E-state index contributed by atoms with van der Waals surface area (Å²) in [5.74, 6) is 0. The molecule has 2 atom stereocenters. The Morgan fingerprint density at radius 2 is 1.62 bits per heavy atom. The van der Waals surface area contributed by atoms with Crippen LogP contribution in [-0.4, -0.2) is 28.7 Å². The molecular weight excluding hydrogens is 373 g/mol. The van der Waals surface area contributed by atoms with Crippen molar-refractivity contribution in [3.05, 3.63) is 35.4 Å². The number of carbonyl (C=O) groups excluding carboxylic acids is 1. The van der Waals surface area contributed by atoms with Gasteiger partial charge in [-0.2, -0.15) is 0 Å². The Labute approximate surface area is 159 Å². The Hall–Kier alpha value is -0.850. The Balaban J connectivity index is 3.12. The maximum atomic E-state index is 12.7. The van der Waals surface area contributed by atoms with Crippen LogP contribution < -0.4 is 4.72 Å². The fraction of sp³-hybridized carbons (Fsp3) is 0.611. The highest BCUT2D eigenvalue weighted by Crippen LogP contribution is 2.49. The molecule has 1 aromatic carbocycles. The van der Waals surface area contributed by atoms with E-state index in [1.54, 1.807) is 0 Å². The Kier molecular flexibility index (Phi) is 7.93. The molecule has 0 amide bonds. The third-order valence-corrected chi connectivity index (χ3v) is 7.73. The molecule has 0 aliphatic carbocycles. The van der Waals surface area contributed by atoms with Crippen LogP contribution in [0.25, 0.3) is 0 Å². The first kappa shape index (κ1) is 23.2. The van der Waals surface area contributed by atoms with E-state index >= 15 is 0 Å². The van der Waals surface area contributed by atoms with Crippen LogP contribution in [0.15, 0.2) is 24.3 Å². The highest BCUT2D eigenvalue weighted by atomic mass is 32.2. The van der Waals surface area contributed by atoms with E-state index in [9.17, 15) is 13.6 Å². The molecule has 0 heterocycles. The Bertz CT molecular complexity index is 691. The van der Waals surface area contributed by atoms with Gasteiger partial charge >= 0.3 is 7.60 Å². The minimum absolute atomic E-state index is 0.0301. The van der Waals surface area contributed by atoms with Gasteiger partial charge in [0.05, 0.1) is 21.3 Å². The number of hydrogen-bond donors (Lipinski definition) is 1. The molecule has 1 rings (SSSR count). The van der Waals surface area contributed by atoms with Crippen molar-refractivity contribution in [2.24, 2.45) is 0 Å². The summed E-state index contributed by atoms with van der Waals surface area (Å²) in [5, 5.41) is 0. The second-order valence-corrected chi connectivity index (χ2v) is 11.6. The van der Waals surface area contributed by atoms with E-state index < -0.39 is 34.4 Å². The lowest BCUT2D eigenvalue weighted by Gasteiger charge is -2.34. The molecule has 1 unspecified atom stereocenters. The molecule has 0 fully saturated rings. The molecule has 1 N–H and O–H groups in total. The smallest absolute Gasteiger partial charge is 0.307 e. The van der Waals surface area contributed by atoms with Gasteiger partial charge in [-0.15, -0.1) is 0 Å². The van der Waals surface area contributed by atoms with Crippen molar-refractivity contribution in [3.8, 4) is 0 Å². The average Bonchev–Trinajstić information content (AvgIpc) is 2.58. The highest BCUT2D eigenvalue weighted by Gasteiger charge is 2.37. The van der Waals surface area contributed by atoms with Gasteiger partial charge in [0.1, 0.15) is 0 Å². The van der Waals surface area contributed by atoms with E-state index in [4.69, 9.17) is 9.05 Å². The monoisotopic (exact) mass is 403 g/mol. The molecule has 26 heavy (non-hydrogen) atoms. The van der Waals surface area contributed by atoms with Gasteiger partial charge < -0.3 is 9.05 Å². The first-order valence-corrected chi connectivity index (χ1v) is 11.1. The van der Waals surface area contributed by atoms with Crippen molar-refractivity contribution in [1.29, 1.82) is 0 Å². The average molecular weight is 403 g/mol. The summed E-state index contributed by atoms with van der Waals surface area (Å²) >= 11 is 0. The Morgan fingerprint density at radius 3 is 2.04 bits per heavy atom. The van der Waals surface area contributed by atoms with E-state index in [0.29, 0.717) is 6.42 Å². The summed E-state index contributed by atoms with van der Waals surface area (Å²) in [5.41, 5.74) is 0.670. The summed E-state index contributed by atoms with van der Waals surface area (Å²) in [6, 6.07) is 7.82. The van der Waals surface area contributed by atoms with Crippen LogP contribution >= 0.6 is 7.60 Å². The number of hydrogen-bond acceptors (Lipinski definition) is 5. The SMILES string of the molecule is COP(=O)(OC)C(=O)CC[C@](C)(NS(=O)C(C)(C)C)c1ccc(C)cc1. The van der Waals surface area contributed by atoms with Crippen molar-refractivity contribution in [3.63, 3.8) is 0 Å². The summed E-state index contributed by atoms with van der Waals surface area (Å²) in [6.45, 7) is 9.50. The summed E-state index contributed by atoms with van der Waals surface area (Å²) in [4.78, 5) is 12.3. The van der Waals surface area contributed by atoms with Crippen LogP contribution in [0.2, 0.25) is 0 Å². The number of rotatable bonds is 9. The van der Waals surface area contributed by atoms with Crippen LogP contribution in [0.1, 0.15) is 51.7 Å². The van der Waals surface area contributed by atoms with Gasteiger partial charge in [0.15, 0.2) is 0 Å². The first-order chi connectivity index (χ1) is 11.9. The van der Waals surface area contributed by atoms with Crippen LogP contribution in [0.3, 0.4) is 0 Å². The molecule has 6 nitrogen and oxygen atoms in total. The molecule has 0 aliphatic rings. The van der Waals surface area contributed by atoms with Crippen molar-refractivity contribution < 1.29 is 22.6 Å². The van der Waals surface area contributed by atoms with Crippen LogP contribution in [0.5, 0.6) is 0 Å². The number of aryl methyl sites for hydroxylation is 1. The predicted molar refractivity (Wildman–Crippen MR) is 105 cm³/mol. The van der Waals surface area contributed by atoms with Gasteiger partial charge in [-0.3, -0.25) is 9.36 Å². The quantitative estimate of drug-likeness (QED) is 0.629. The number of nitrogens with one attached hydrogen (secondary N) is 1. The zero-order valence-electron chi connectivity index (χ0n) is 16.6. The molecule has 8 heteroatoms. The van der Waals surface area contributed by atoms with E-state index in [1.807, 2.05) is 58.9 Å². The van der Waals surface area contributed by atoms with Gasteiger partial charge in [-0.1, -0.05) is 29.8 Å². The molecular formula is C18H30NO5PS. The molecule has 0 bridgehead atoms. The van der Waals surface area contributed by atoms with Crippen molar-refractivity contribution in [2.45, 2.75) is 57.7 Å². The third-order valence-electron chi connectivity index (χ3n) is 4.19. The molecule has 0 radical (unpaired) electrons. The zero-order valence-corrected chi connectivity index (χ0v) is 18.3. The lowest BCUT2D eigenvalue weighted by atomic mass is 9.88. The van der Waals surface area contributed by atoms with Crippen molar-refractivity contribution in [2.75, 3.05) is 14.2 Å². The van der Waals surface area contributed by atoms with Gasteiger partial charge in [0.2, 0.25) is 5.52 Å². The van der Waals surface area contributed by atoms with Crippen molar-refractivity contribution in [1.82, 2.24) is 4.72 Å². The molecule has 0 saturated carbocycles. The third kappa shape index (κ3) is 5.83. The zero-order chi connectivity index (χ0) is 20.2. The van der Waals surface area contributed by atoms with Gasteiger partial charge in [-0.05, 0) is 46.6 Å². The van der Waals surface area contributed by atoms with Gasteiger partial charge in [0.25, 0.3) is 0 Å². The van der Waals surface area contributed by atoms with E-state index in [1.165, 1.54) is 14.2 Å². The van der Waals surface area contributed by atoms with Crippen LogP contribution in [0.4, 0.5) is 0 Å². The normalized spacial score (nSPS) is 16.1. The van der Waals surface area contributed by atoms with Gasteiger partial charge in [0, 0.05) is 20.6 Å². The van der Waals surface area contributed by atoms with Crippen molar-refractivity contribution >= 4 is 24.1 Å². The second-order valence-electron chi connectivity index (χ2n) is 7.44. The summed E-state index contributed by atoms with van der Waals surface area (Å²) in [6.07, 6.45) is 0.269. The fourth-order valence-corrected chi connectivity index (χ4v) is 4.18. The fourth-order valence-electron chi connectivity index (χ4n) is 2.31. The Morgan fingerprint density at radius 1 is 1.12 bits per heavy atom. The van der Waals surface area contributed by atoms with Crippen LogP contribution in [0, 0.1) is 6.92 Å². The lowest BCUT2D eigenvalue weighted by Crippen LogP contribution is -2.46. The van der Waals surface area contributed by atoms with E-state index in [2.05, 4.69) is 4.72 Å². The minimum Gasteiger partial charge on any atom is -0.307 e. The first-order valence-electron chi connectivity index (χ1n) is 8.40. The molecule has 148 valence electrons. The maximum absolute atomic E-state index is 12.7. The highest BCUT2D eigenvalue weighted by molar-refractivity contribution is 7.84. The van der Waals surface area contributed by atoms with Gasteiger partial charge in [-0.25, -0.2) is 8.93 Å². The van der Waals surface area contributed by atoms with E-state index in [0.717, 1.165) is 11.1 Å². The maximum Gasteiger partial charge on any atom is 0.396 e.